The molecule has 0 aliphatic heterocycles. The molecule has 1 amide bonds. The summed E-state index contributed by atoms with van der Waals surface area (Å²) in [5.41, 5.74) is 6.87. The number of carbonyl (C=O) groups is 1. The van der Waals surface area contributed by atoms with E-state index in [0.29, 0.717) is 28.0 Å². The summed E-state index contributed by atoms with van der Waals surface area (Å²) in [4.78, 5) is 24.9. The fourth-order valence-electron chi connectivity index (χ4n) is 2.54. The van der Waals surface area contributed by atoms with E-state index in [4.69, 9.17) is 14.9 Å². The Balaban J connectivity index is 1.97. The Morgan fingerprint density at radius 2 is 1.93 bits per heavy atom. The highest BCUT2D eigenvalue weighted by atomic mass is 32.2. The average molecular weight is 388 g/mol. The smallest absolute Gasteiger partial charge is 0.417 e. The molecule has 3 rings (SSSR count). The van der Waals surface area contributed by atoms with Crippen molar-refractivity contribution in [1.29, 1.82) is 0 Å². The standard InChI is InChI=1S/C18H16N2O6S/c1-25-13-5-2-11(3-6-13)10-27(23,24)16(17(19)21)9-12-4-7-15-14(8-12)20-18(22)26-15/h2-9H,10H2,1H3,(H2,19,21)(H,20,22)/b16-9+. The molecule has 0 fully saturated rings. The number of ether oxygens (including phenoxy) is 1. The number of aromatic amines is 1. The van der Waals surface area contributed by atoms with E-state index < -0.39 is 32.2 Å². The summed E-state index contributed by atoms with van der Waals surface area (Å²) in [6.45, 7) is 0. The highest BCUT2D eigenvalue weighted by Crippen LogP contribution is 2.21. The predicted octanol–water partition coefficient (Wildman–Crippen LogP) is 1.57. The minimum Gasteiger partial charge on any atom is -0.497 e. The van der Waals surface area contributed by atoms with Crippen LogP contribution in [0.25, 0.3) is 17.2 Å². The molecule has 140 valence electrons. The Morgan fingerprint density at radius 1 is 1.22 bits per heavy atom. The van der Waals surface area contributed by atoms with Crippen LogP contribution in [-0.2, 0) is 20.4 Å². The van der Waals surface area contributed by atoms with Crippen molar-refractivity contribution < 1.29 is 22.4 Å². The van der Waals surface area contributed by atoms with Crippen molar-refractivity contribution in [3.63, 3.8) is 0 Å². The number of nitrogens with two attached hydrogens (primary N) is 1. The van der Waals surface area contributed by atoms with Gasteiger partial charge in [0, 0.05) is 0 Å². The van der Waals surface area contributed by atoms with Crippen LogP contribution in [0.4, 0.5) is 0 Å². The van der Waals surface area contributed by atoms with E-state index in [1.54, 1.807) is 24.3 Å². The Hall–Kier alpha value is -3.33. The first-order chi connectivity index (χ1) is 12.8. The number of hydrogen-bond acceptors (Lipinski definition) is 6. The van der Waals surface area contributed by atoms with E-state index in [1.165, 1.54) is 31.4 Å². The maximum absolute atomic E-state index is 12.7. The zero-order valence-corrected chi connectivity index (χ0v) is 15.1. The van der Waals surface area contributed by atoms with Gasteiger partial charge in [0.1, 0.15) is 10.7 Å². The van der Waals surface area contributed by atoms with Crippen molar-refractivity contribution in [2.75, 3.05) is 7.11 Å². The average Bonchev–Trinajstić information content (AvgIpc) is 2.98. The summed E-state index contributed by atoms with van der Waals surface area (Å²) in [5.74, 6) is -1.50. The van der Waals surface area contributed by atoms with Gasteiger partial charge >= 0.3 is 5.76 Å². The van der Waals surface area contributed by atoms with Crippen LogP contribution in [0.5, 0.6) is 5.75 Å². The van der Waals surface area contributed by atoms with E-state index in [-0.39, 0.29) is 0 Å². The summed E-state index contributed by atoms with van der Waals surface area (Å²) in [7, 11) is -2.49. The monoisotopic (exact) mass is 388 g/mol. The Labute approximate surface area is 154 Å². The topological polar surface area (TPSA) is 132 Å². The van der Waals surface area contributed by atoms with Gasteiger partial charge in [0.2, 0.25) is 0 Å². The van der Waals surface area contributed by atoms with Crippen LogP contribution in [0.1, 0.15) is 11.1 Å². The maximum atomic E-state index is 12.7. The lowest BCUT2D eigenvalue weighted by Crippen LogP contribution is -2.22. The third kappa shape index (κ3) is 4.09. The lowest BCUT2D eigenvalue weighted by molar-refractivity contribution is -0.113. The Morgan fingerprint density at radius 3 is 2.56 bits per heavy atom. The molecule has 1 aromatic heterocycles. The lowest BCUT2D eigenvalue weighted by Gasteiger charge is -2.07. The minimum atomic E-state index is -3.99. The number of H-pyrrole nitrogens is 1. The molecule has 0 bridgehead atoms. The summed E-state index contributed by atoms with van der Waals surface area (Å²) < 4.78 is 35.3. The molecule has 0 saturated carbocycles. The molecule has 1 heterocycles. The summed E-state index contributed by atoms with van der Waals surface area (Å²) in [5, 5.41) is 0. The zero-order valence-electron chi connectivity index (χ0n) is 14.3. The predicted molar refractivity (Wildman–Crippen MR) is 99.6 cm³/mol. The van der Waals surface area contributed by atoms with Crippen LogP contribution < -0.4 is 16.2 Å². The van der Waals surface area contributed by atoms with Crippen molar-refractivity contribution in [3.8, 4) is 5.75 Å². The number of aromatic nitrogens is 1. The van der Waals surface area contributed by atoms with Gasteiger partial charge in [-0.2, -0.15) is 0 Å². The van der Waals surface area contributed by atoms with Crippen LogP contribution in [0.3, 0.4) is 0 Å². The van der Waals surface area contributed by atoms with E-state index in [9.17, 15) is 18.0 Å². The highest BCUT2D eigenvalue weighted by molar-refractivity contribution is 7.95. The molecular weight excluding hydrogens is 372 g/mol. The van der Waals surface area contributed by atoms with Crippen molar-refractivity contribution in [1.82, 2.24) is 4.98 Å². The van der Waals surface area contributed by atoms with E-state index >= 15 is 0 Å². The molecule has 0 aliphatic rings. The van der Waals surface area contributed by atoms with E-state index in [2.05, 4.69) is 4.98 Å². The van der Waals surface area contributed by atoms with Crippen LogP contribution in [-0.4, -0.2) is 26.4 Å². The van der Waals surface area contributed by atoms with Crippen molar-refractivity contribution in [2.24, 2.45) is 5.73 Å². The molecule has 0 saturated heterocycles. The second-order valence-electron chi connectivity index (χ2n) is 5.75. The second-order valence-corrected chi connectivity index (χ2v) is 7.71. The van der Waals surface area contributed by atoms with Gasteiger partial charge in [-0.25, -0.2) is 13.2 Å². The second kappa shape index (κ2) is 7.12. The summed E-state index contributed by atoms with van der Waals surface area (Å²) >= 11 is 0. The number of fused-ring (bicyclic) bond motifs is 1. The van der Waals surface area contributed by atoms with Crippen LogP contribution in [0.2, 0.25) is 0 Å². The van der Waals surface area contributed by atoms with Gasteiger partial charge in [-0.05, 0) is 41.5 Å². The van der Waals surface area contributed by atoms with Gasteiger partial charge in [0.05, 0.1) is 18.4 Å². The number of benzene rings is 2. The quantitative estimate of drug-likeness (QED) is 0.616. The number of primary amides is 1. The SMILES string of the molecule is COc1ccc(CS(=O)(=O)/C(=C/c2ccc3oc(=O)[nH]c3c2)C(N)=O)cc1. The Kier molecular flexibility index (Phi) is 4.87. The van der Waals surface area contributed by atoms with Crippen LogP contribution in [0, 0.1) is 0 Å². The number of amides is 1. The van der Waals surface area contributed by atoms with E-state index in [0.717, 1.165) is 0 Å². The molecule has 0 unspecified atom stereocenters. The number of oxazole rings is 1. The minimum absolute atomic E-state index is 0.318. The van der Waals surface area contributed by atoms with Crippen molar-refractivity contribution in [3.05, 3.63) is 69.0 Å². The van der Waals surface area contributed by atoms with Gasteiger partial charge < -0.3 is 14.9 Å². The summed E-state index contributed by atoms with van der Waals surface area (Å²) in [6.07, 6.45) is 1.17. The number of methoxy groups -OCH3 is 1. The number of hydrogen-bond donors (Lipinski definition) is 2. The van der Waals surface area contributed by atoms with Gasteiger partial charge in [-0.15, -0.1) is 0 Å². The molecule has 9 heteroatoms. The molecular formula is C18H16N2O6S. The van der Waals surface area contributed by atoms with Gasteiger partial charge in [-0.1, -0.05) is 18.2 Å². The number of nitrogens with one attached hydrogen (secondary N) is 1. The molecule has 2 aromatic carbocycles. The fraction of sp³-hybridized carbons (Fsp3) is 0.111. The molecule has 0 atom stereocenters. The largest absolute Gasteiger partial charge is 0.497 e. The first kappa shape index (κ1) is 18.5. The first-order valence-electron chi connectivity index (χ1n) is 7.78. The third-order valence-electron chi connectivity index (χ3n) is 3.83. The lowest BCUT2D eigenvalue weighted by atomic mass is 10.2. The molecule has 0 spiro atoms. The summed E-state index contributed by atoms with van der Waals surface area (Å²) in [6, 6.07) is 10.9. The number of rotatable bonds is 6. The fourth-order valence-corrected chi connectivity index (χ4v) is 3.95. The molecule has 0 radical (unpaired) electrons. The van der Waals surface area contributed by atoms with Crippen LogP contribution >= 0.6 is 0 Å². The van der Waals surface area contributed by atoms with E-state index in [1.807, 2.05) is 0 Å². The number of carbonyl (C=O) groups excluding carboxylic acids is 1. The third-order valence-corrected chi connectivity index (χ3v) is 5.54. The van der Waals surface area contributed by atoms with Gasteiger partial charge in [-0.3, -0.25) is 9.78 Å². The molecule has 27 heavy (non-hydrogen) atoms. The first-order valence-corrected chi connectivity index (χ1v) is 9.44. The van der Waals surface area contributed by atoms with Crippen LogP contribution in [0.15, 0.2) is 56.6 Å². The van der Waals surface area contributed by atoms with Crippen molar-refractivity contribution >= 4 is 32.9 Å². The zero-order chi connectivity index (χ0) is 19.6. The van der Waals surface area contributed by atoms with Gasteiger partial charge in [0.15, 0.2) is 15.4 Å². The molecule has 0 aliphatic carbocycles. The molecule has 3 N–H and O–H groups in total. The molecule has 8 nitrogen and oxygen atoms in total. The normalized spacial score (nSPS) is 12.3. The number of sulfone groups is 1. The Bertz CT molecular complexity index is 1190. The van der Waals surface area contributed by atoms with Crippen molar-refractivity contribution in [2.45, 2.75) is 5.75 Å². The maximum Gasteiger partial charge on any atom is 0.417 e. The molecule has 3 aromatic rings. The van der Waals surface area contributed by atoms with Gasteiger partial charge in [0.25, 0.3) is 5.91 Å². The highest BCUT2D eigenvalue weighted by Gasteiger charge is 2.23.